The van der Waals surface area contributed by atoms with Crippen molar-refractivity contribution in [1.82, 2.24) is 4.98 Å². The monoisotopic (exact) mass is 380 g/mol. The van der Waals surface area contributed by atoms with Crippen molar-refractivity contribution in [3.63, 3.8) is 0 Å². The van der Waals surface area contributed by atoms with Gasteiger partial charge in [0.15, 0.2) is 0 Å². The van der Waals surface area contributed by atoms with E-state index in [9.17, 15) is 4.79 Å². The summed E-state index contributed by atoms with van der Waals surface area (Å²) in [5, 5.41) is 3.90. The first-order valence-corrected chi connectivity index (χ1v) is 10.1. The third-order valence-electron chi connectivity index (χ3n) is 5.06. The van der Waals surface area contributed by atoms with Gasteiger partial charge < -0.3 is 5.32 Å². The molecule has 4 rings (SSSR count). The zero-order valence-corrected chi connectivity index (χ0v) is 16.6. The Kier molecular flexibility index (Phi) is 5.66. The number of carbonyl (C=O) groups excluding carboxylic acids is 1. The molecule has 0 atom stereocenters. The number of carbonyl (C=O) groups is 1. The molecule has 0 bridgehead atoms. The highest BCUT2D eigenvalue weighted by molar-refractivity contribution is 6.13. The molecule has 3 heteroatoms. The summed E-state index contributed by atoms with van der Waals surface area (Å²) in [6, 6.07) is 27.7. The number of aromatic nitrogens is 1. The second-order valence-electron chi connectivity index (χ2n) is 7.19. The standard InChI is InChI=1S/C26H24N2O/c1-2-3-9-19-14-16-21(17-15-19)27-26(29)23-18-25(20-10-5-4-6-11-20)28-24-13-8-7-12-22(23)24/h4-8,10-18H,2-3,9H2,1H3,(H,27,29). The predicted molar refractivity (Wildman–Crippen MR) is 120 cm³/mol. The molecule has 0 aliphatic carbocycles. The van der Waals surface area contributed by atoms with Gasteiger partial charge in [-0.05, 0) is 42.7 Å². The largest absolute Gasteiger partial charge is 0.322 e. The van der Waals surface area contributed by atoms with Gasteiger partial charge in [-0.15, -0.1) is 0 Å². The van der Waals surface area contributed by atoms with Crippen LogP contribution >= 0.6 is 0 Å². The van der Waals surface area contributed by atoms with E-state index in [-0.39, 0.29) is 5.91 Å². The number of para-hydroxylation sites is 1. The molecule has 1 N–H and O–H groups in total. The molecule has 4 aromatic rings. The van der Waals surface area contributed by atoms with Crippen LogP contribution in [0, 0.1) is 0 Å². The number of rotatable bonds is 6. The van der Waals surface area contributed by atoms with E-state index in [2.05, 4.69) is 24.4 Å². The molecule has 0 saturated carbocycles. The number of benzene rings is 3. The minimum Gasteiger partial charge on any atom is -0.322 e. The quantitative estimate of drug-likeness (QED) is 0.415. The zero-order chi connectivity index (χ0) is 20.1. The topological polar surface area (TPSA) is 42.0 Å². The molecule has 0 saturated heterocycles. The van der Waals surface area contributed by atoms with E-state index in [4.69, 9.17) is 4.98 Å². The number of hydrogen-bond donors (Lipinski definition) is 1. The van der Waals surface area contributed by atoms with Crippen molar-refractivity contribution < 1.29 is 4.79 Å². The Hall–Kier alpha value is -3.46. The Morgan fingerprint density at radius 1 is 0.897 bits per heavy atom. The first-order valence-electron chi connectivity index (χ1n) is 10.1. The van der Waals surface area contributed by atoms with Crippen LogP contribution in [0.1, 0.15) is 35.7 Å². The van der Waals surface area contributed by atoms with Gasteiger partial charge in [-0.1, -0.05) is 74.0 Å². The summed E-state index contributed by atoms with van der Waals surface area (Å²) >= 11 is 0. The van der Waals surface area contributed by atoms with E-state index in [0.717, 1.165) is 34.3 Å². The molecule has 1 aromatic heterocycles. The summed E-state index contributed by atoms with van der Waals surface area (Å²) in [6.45, 7) is 2.19. The molecular formula is C26H24N2O. The second-order valence-corrected chi connectivity index (χ2v) is 7.19. The van der Waals surface area contributed by atoms with Crippen molar-refractivity contribution in [2.45, 2.75) is 26.2 Å². The predicted octanol–water partition coefficient (Wildman–Crippen LogP) is 6.50. The summed E-state index contributed by atoms with van der Waals surface area (Å²) in [6.07, 6.45) is 3.43. The Morgan fingerprint density at radius 2 is 1.62 bits per heavy atom. The highest BCUT2D eigenvalue weighted by atomic mass is 16.1. The van der Waals surface area contributed by atoms with E-state index >= 15 is 0 Å². The Bertz CT molecular complexity index is 1120. The summed E-state index contributed by atoms with van der Waals surface area (Å²) < 4.78 is 0. The lowest BCUT2D eigenvalue weighted by atomic mass is 10.0. The van der Waals surface area contributed by atoms with Crippen LogP contribution < -0.4 is 5.32 Å². The van der Waals surface area contributed by atoms with Crippen LogP contribution in [0.2, 0.25) is 0 Å². The van der Waals surface area contributed by atoms with Crippen LogP contribution in [0.5, 0.6) is 0 Å². The van der Waals surface area contributed by atoms with E-state index in [1.54, 1.807) is 0 Å². The van der Waals surface area contributed by atoms with Crippen LogP contribution in [0.15, 0.2) is 84.9 Å². The number of anilines is 1. The zero-order valence-electron chi connectivity index (χ0n) is 16.6. The number of unbranched alkanes of at least 4 members (excludes halogenated alkanes) is 1. The molecule has 3 nitrogen and oxygen atoms in total. The third kappa shape index (κ3) is 4.35. The molecule has 0 unspecified atom stereocenters. The fraction of sp³-hybridized carbons (Fsp3) is 0.154. The van der Waals surface area contributed by atoms with Gasteiger partial charge in [0.05, 0.1) is 16.8 Å². The molecule has 0 radical (unpaired) electrons. The van der Waals surface area contributed by atoms with Crippen LogP contribution in [-0.4, -0.2) is 10.9 Å². The van der Waals surface area contributed by atoms with Crippen LogP contribution in [0.3, 0.4) is 0 Å². The normalized spacial score (nSPS) is 10.8. The van der Waals surface area contributed by atoms with E-state index in [0.29, 0.717) is 5.56 Å². The molecular weight excluding hydrogens is 356 g/mol. The molecule has 1 amide bonds. The lowest BCUT2D eigenvalue weighted by molar-refractivity contribution is 0.102. The van der Waals surface area contributed by atoms with Crippen molar-refractivity contribution in [2.24, 2.45) is 0 Å². The third-order valence-corrected chi connectivity index (χ3v) is 5.06. The molecule has 0 aliphatic heterocycles. The molecule has 1 heterocycles. The van der Waals surface area contributed by atoms with E-state index in [1.165, 1.54) is 18.4 Å². The van der Waals surface area contributed by atoms with Gasteiger partial charge in [0, 0.05) is 16.6 Å². The highest BCUT2D eigenvalue weighted by Crippen LogP contribution is 2.25. The van der Waals surface area contributed by atoms with Gasteiger partial charge >= 0.3 is 0 Å². The lowest BCUT2D eigenvalue weighted by Crippen LogP contribution is -2.13. The number of fused-ring (bicyclic) bond motifs is 1. The minimum atomic E-state index is -0.123. The van der Waals surface area contributed by atoms with Gasteiger partial charge in [0.2, 0.25) is 0 Å². The van der Waals surface area contributed by atoms with Gasteiger partial charge in [-0.25, -0.2) is 4.98 Å². The number of aryl methyl sites for hydroxylation is 1. The van der Waals surface area contributed by atoms with Crippen LogP contribution in [0.4, 0.5) is 5.69 Å². The number of hydrogen-bond acceptors (Lipinski definition) is 2. The van der Waals surface area contributed by atoms with Gasteiger partial charge in [0.25, 0.3) is 5.91 Å². The highest BCUT2D eigenvalue weighted by Gasteiger charge is 2.14. The molecule has 0 aliphatic rings. The number of amides is 1. The maximum Gasteiger partial charge on any atom is 0.256 e. The van der Waals surface area contributed by atoms with Crippen LogP contribution in [0.25, 0.3) is 22.2 Å². The number of pyridine rings is 1. The maximum absolute atomic E-state index is 13.1. The Labute approximate surface area is 171 Å². The molecule has 144 valence electrons. The Balaban J connectivity index is 1.66. The fourth-order valence-corrected chi connectivity index (χ4v) is 3.45. The average molecular weight is 380 g/mol. The van der Waals surface area contributed by atoms with Gasteiger partial charge in [0.1, 0.15) is 0 Å². The smallest absolute Gasteiger partial charge is 0.256 e. The lowest BCUT2D eigenvalue weighted by Gasteiger charge is -2.11. The van der Waals surface area contributed by atoms with E-state index in [1.807, 2.05) is 72.8 Å². The molecule has 3 aromatic carbocycles. The van der Waals surface area contributed by atoms with Crippen molar-refractivity contribution >= 4 is 22.5 Å². The van der Waals surface area contributed by atoms with Gasteiger partial charge in [-0.2, -0.15) is 0 Å². The van der Waals surface area contributed by atoms with Crippen molar-refractivity contribution in [3.05, 3.63) is 96.1 Å². The fourth-order valence-electron chi connectivity index (χ4n) is 3.45. The van der Waals surface area contributed by atoms with Crippen molar-refractivity contribution in [2.75, 3.05) is 5.32 Å². The maximum atomic E-state index is 13.1. The van der Waals surface area contributed by atoms with Crippen molar-refractivity contribution in [1.29, 1.82) is 0 Å². The van der Waals surface area contributed by atoms with Gasteiger partial charge in [-0.3, -0.25) is 4.79 Å². The molecule has 0 spiro atoms. The first-order chi connectivity index (χ1) is 14.2. The number of nitrogens with zero attached hydrogens (tertiary/aromatic N) is 1. The van der Waals surface area contributed by atoms with Crippen molar-refractivity contribution in [3.8, 4) is 11.3 Å². The number of nitrogens with one attached hydrogen (secondary N) is 1. The second kappa shape index (κ2) is 8.70. The van der Waals surface area contributed by atoms with Crippen LogP contribution in [-0.2, 0) is 6.42 Å². The van der Waals surface area contributed by atoms with E-state index < -0.39 is 0 Å². The summed E-state index contributed by atoms with van der Waals surface area (Å²) in [5.74, 6) is -0.123. The Morgan fingerprint density at radius 3 is 2.38 bits per heavy atom. The average Bonchev–Trinajstić information content (AvgIpc) is 2.78. The first kappa shape index (κ1) is 18.9. The summed E-state index contributed by atoms with van der Waals surface area (Å²) in [7, 11) is 0. The minimum absolute atomic E-state index is 0.123. The molecule has 29 heavy (non-hydrogen) atoms. The summed E-state index contributed by atoms with van der Waals surface area (Å²) in [4.78, 5) is 17.9. The summed E-state index contributed by atoms with van der Waals surface area (Å²) in [5.41, 5.74) is 5.33. The SMILES string of the molecule is CCCCc1ccc(NC(=O)c2cc(-c3ccccc3)nc3ccccc23)cc1. The molecule has 0 fully saturated rings.